The summed E-state index contributed by atoms with van der Waals surface area (Å²) in [5.74, 6) is -0.0924. The van der Waals surface area contributed by atoms with Gasteiger partial charge in [0.1, 0.15) is 24.7 Å². The lowest BCUT2D eigenvalue weighted by Gasteiger charge is -2.23. The second-order valence-electron chi connectivity index (χ2n) is 10.2. The van der Waals surface area contributed by atoms with Gasteiger partial charge in [0, 0.05) is 5.56 Å². The van der Waals surface area contributed by atoms with Crippen molar-refractivity contribution in [1.29, 1.82) is 0 Å². The molecule has 1 N–H and O–H groups in total. The molecule has 0 radical (unpaired) electrons. The molecule has 0 spiro atoms. The van der Waals surface area contributed by atoms with E-state index >= 15 is 0 Å². The largest absolute Gasteiger partial charge is 0.507 e. The van der Waals surface area contributed by atoms with Crippen molar-refractivity contribution < 1.29 is 28.9 Å². The number of thiazole rings is 1. The first-order chi connectivity index (χ1) is 19.9. The minimum absolute atomic E-state index is 0.0153. The zero-order chi connectivity index (χ0) is 28.7. The number of carbonyl (C=O) groups excluding carboxylic acids is 2. The van der Waals surface area contributed by atoms with Crippen LogP contribution in [0.25, 0.3) is 16.0 Å². The predicted octanol–water partition coefficient (Wildman–Crippen LogP) is 6.49. The number of Topliss-reactive ketones (excluding diaryl/α,β-unsaturated/α-hetero) is 1. The van der Waals surface area contributed by atoms with Crippen LogP contribution < -0.4 is 19.1 Å². The summed E-state index contributed by atoms with van der Waals surface area (Å²) in [5, 5.41) is 12.0. The first-order valence-corrected chi connectivity index (χ1v) is 14.5. The molecule has 2 aliphatic heterocycles. The Balaban J connectivity index is 1.48. The smallest absolute Gasteiger partial charge is 0.301 e. The quantitative estimate of drug-likeness (QED) is 0.117. The Kier molecular flexibility index (Phi) is 7.13. The highest BCUT2D eigenvalue weighted by molar-refractivity contribution is 7.22. The SMILES string of the molecule is CCCCOc1ccc([C@H]2/C(=C(\O)c3ccc4c(c3)OCCO4)C(=O)C(=O)N2c2nc3c(C)cc(C)cc3s2)cc1. The molecule has 3 aromatic carbocycles. The summed E-state index contributed by atoms with van der Waals surface area (Å²) in [6, 6.07) is 15.4. The van der Waals surface area contributed by atoms with Crippen LogP contribution in [0.3, 0.4) is 0 Å². The average molecular weight is 571 g/mol. The number of anilines is 1. The summed E-state index contributed by atoms with van der Waals surface area (Å²) in [4.78, 5) is 33.5. The number of unbranched alkanes of at least 4 members (excludes halogenated alkanes) is 1. The topological polar surface area (TPSA) is 98.2 Å². The van der Waals surface area contributed by atoms with Crippen molar-refractivity contribution in [2.24, 2.45) is 0 Å². The summed E-state index contributed by atoms with van der Waals surface area (Å²) in [7, 11) is 0. The number of benzene rings is 3. The van der Waals surface area contributed by atoms with E-state index in [1.165, 1.54) is 16.2 Å². The van der Waals surface area contributed by atoms with Crippen molar-refractivity contribution >= 4 is 44.1 Å². The molecule has 0 bridgehead atoms. The van der Waals surface area contributed by atoms with E-state index in [2.05, 4.69) is 6.92 Å². The van der Waals surface area contributed by atoms with Gasteiger partial charge in [0.25, 0.3) is 5.78 Å². The molecule has 1 saturated heterocycles. The van der Waals surface area contributed by atoms with E-state index < -0.39 is 17.7 Å². The van der Waals surface area contributed by atoms with Gasteiger partial charge in [-0.3, -0.25) is 14.5 Å². The van der Waals surface area contributed by atoms with Gasteiger partial charge in [-0.05, 0) is 73.4 Å². The van der Waals surface area contributed by atoms with E-state index in [9.17, 15) is 14.7 Å². The second-order valence-corrected chi connectivity index (χ2v) is 11.2. The molecule has 0 unspecified atom stereocenters. The first kappa shape index (κ1) is 26.8. The maximum atomic E-state index is 13.7. The van der Waals surface area contributed by atoms with Crippen LogP contribution in [0.2, 0.25) is 0 Å². The van der Waals surface area contributed by atoms with Crippen molar-refractivity contribution in [2.45, 2.75) is 39.7 Å². The third-order valence-corrected chi connectivity index (χ3v) is 8.25. The molecule has 9 heteroatoms. The molecule has 1 aromatic heterocycles. The Labute approximate surface area is 241 Å². The molecule has 0 aliphatic carbocycles. The molecule has 2 aliphatic rings. The fourth-order valence-electron chi connectivity index (χ4n) is 5.23. The number of hydrogen-bond donors (Lipinski definition) is 1. The normalized spacial score (nSPS) is 17.8. The lowest BCUT2D eigenvalue weighted by molar-refractivity contribution is -0.132. The number of ether oxygens (including phenoxy) is 3. The van der Waals surface area contributed by atoms with Gasteiger partial charge >= 0.3 is 5.91 Å². The van der Waals surface area contributed by atoms with Gasteiger partial charge in [-0.15, -0.1) is 0 Å². The molecule has 1 atom stereocenters. The van der Waals surface area contributed by atoms with E-state index in [4.69, 9.17) is 19.2 Å². The van der Waals surface area contributed by atoms with Crippen LogP contribution in [0.4, 0.5) is 5.13 Å². The number of aryl methyl sites for hydroxylation is 2. The number of rotatable bonds is 7. The zero-order valence-corrected chi connectivity index (χ0v) is 23.9. The third kappa shape index (κ3) is 4.91. The first-order valence-electron chi connectivity index (χ1n) is 13.7. The minimum atomic E-state index is -0.894. The Morgan fingerprint density at radius 1 is 1.05 bits per heavy atom. The number of fused-ring (bicyclic) bond motifs is 2. The van der Waals surface area contributed by atoms with Crippen LogP contribution in [-0.2, 0) is 9.59 Å². The molecule has 1 fully saturated rings. The van der Waals surface area contributed by atoms with Crippen molar-refractivity contribution in [3.63, 3.8) is 0 Å². The molecule has 8 nitrogen and oxygen atoms in total. The van der Waals surface area contributed by atoms with Gasteiger partial charge in [0.05, 0.1) is 28.4 Å². The average Bonchev–Trinajstić information content (AvgIpc) is 3.51. The van der Waals surface area contributed by atoms with Crippen LogP contribution in [0.1, 0.15) is 48.1 Å². The molecule has 41 heavy (non-hydrogen) atoms. The molecule has 0 saturated carbocycles. The zero-order valence-electron chi connectivity index (χ0n) is 23.1. The number of carbonyl (C=O) groups is 2. The fraction of sp³-hybridized carbons (Fsp3) is 0.281. The van der Waals surface area contributed by atoms with Gasteiger partial charge in [-0.2, -0.15) is 0 Å². The van der Waals surface area contributed by atoms with Crippen molar-refractivity contribution in [3.05, 3.63) is 82.4 Å². The number of amides is 1. The Morgan fingerprint density at radius 3 is 2.56 bits per heavy atom. The van der Waals surface area contributed by atoms with E-state index in [1.54, 1.807) is 18.2 Å². The van der Waals surface area contributed by atoms with Crippen LogP contribution in [-0.4, -0.2) is 41.6 Å². The lowest BCUT2D eigenvalue weighted by Crippen LogP contribution is -2.29. The highest BCUT2D eigenvalue weighted by atomic mass is 32.1. The molecular weight excluding hydrogens is 540 g/mol. The standard InChI is InChI=1S/C32H30N2O6S/c1-4-5-12-38-22-9-6-20(7-10-22)28-26(29(35)21-8-11-23-24(17-21)40-14-13-39-23)30(36)31(37)34(28)32-33-27-19(3)15-18(2)16-25(27)41-32/h6-11,15-17,28,35H,4-5,12-14H2,1-3H3/b29-26+/t28-/m0/s1. The second kappa shape index (κ2) is 10.9. The Morgan fingerprint density at radius 2 is 1.80 bits per heavy atom. The summed E-state index contributed by atoms with van der Waals surface area (Å²) in [6.07, 6.45) is 1.96. The lowest BCUT2D eigenvalue weighted by atomic mass is 9.95. The minimum Gasteiger partial charge on any atom is -0.507 e. The number of ketones is 1. The van der Waals surface area contributed by atoms with Crippen LogP contribution in [0, 0.1) is 13.8 Å². The maximum Gasteiger partial charge on any atom is 0.301 e. The molecule has 1 amide bonds. The summed E-state index contributed by atoms with van der Waals surface area (Å²) in [5.41, 5.74) is 3.84. The van der Waals surface area contributed by atoms with Gasteiger partial charge in [-0.1, -0.05) is 42.9 Å². The predicted molar refractivity (Wildman–Crippen MR) is 158 cm³/mol. The fourth-order valence-corrected chi connectivity index (χ4v) is 6.40. The van der Waals surface area contributed by atoms with Gasteiger partial charge in [0.15, 0.2) is 16.6 Å². The number of nitrogens with zero attached hydrogens (tertiary/aromatic N) is 2. The monoisotopic (exact) mass is 570 g/mol. The van der Waals surface area contributed by atoms with Crippen LogP contribution >= 0.6 is 11.3 Å². The van der Waals surface area contributed by atoms with E-state index in [-0.39, 0.29) is 11.3 Å². The summed E-state index contributed by atoms with van der Waals surface area (Å²) >= 11 is 1.35. The van der Waals surface area contributed by atoms with Crippen molar-refractivity contribution in [1.82, 2.24) is 4.98 Å². The summed E-state index contributed by atoms with van der Waals surface area (Å²) in [6.45, 7) is 7.50. The van der Waals surface area contributed by atoms with E-state index in [1.807, 2.05) is 50.2 Å². The van der Waals surface area contributed by atoms with E-state index in [0.29, 0.717) is 53.3 Å². The van der Waals surface area contributed by atoms with Crippen LogP contribution in [0.15, 0.2) is 60.2 Å². The molecule has 210 valence electrons. The third-order valence-electron chi connectivity index (χ3n) is 7.25. The van der Waals surface area contributed by atoms with Crippen molar-refractivity contribution in [3.8, 4) is 17.2 Å². The van der Waals surface area contributed by atoms with E-state index in [0.717, 1.165) is 34.2 Å². The molecule has 6 rings (SSSR count). The molecule has 4 aromatic rings. The molecule has 3 heterocycles. The Bertz CT molecular complexity index is 1690. The van der Waals surface area contributed by atoms with Crippen LogP contribution in [0.5, 0.6) is 17.2 Å². The van der Waals surface area contributed by atoms with Gasteiger partial charge in [-0.25, -0.2) is 4.98 Å². The number of aliphatic hydroxyl groups excluding tert-OH is 1. The summed E-state index contributed by atoms with van der Waals surface area (Å²) < 4.78 is 18.1. The highest BCUT2D eigenvalue weighted by Gasteiger charge is 2.48. The van der Waals surface area contributed by atoms with Crippen molar-refractivity contribution in [2.75, 3.05) is 24.7 Å². The number of aliphatic hydroxyl groups is 1. The Hall–Kier alpha value is -4.37. The maximum absolute atomic E-state index is 13.7. The number of hydrogen-bond acceptors (Lipinski definition) is 8. The number of aromatic nitrogens is 1. The van der Waals surface area contributed by atoms with Gasteiger partial charge in [0.2, 0.25) is 0 Å². The molecular formula is C32H30N2O6S. The van der Waals surface area contributed by atoms with Gasteiger partial charge < -0.3 is 19.3 Å². The highest BCUT2D eigenvalue weighted by Crippen LogP contribution is 2.45.